The zero-order valence-corrected chi connectivity index (χ0v) is 16.5. The lowest BCUT2D eigenvalue weighted by atomic mass is 10.0. The van der Waals surface area contributed by atoms with Crippen LogP contribution < -0.4 is 10.6 Å². The van der Waals surface area contributed by atoms with Crippen molar-refractivity contribution in [3.05, 3.63) is 44.9 Å². The van der Waals surface area contributed by atoms with Gasteiger partial charge in [0.25, 0.3) is 5.91 Å². The third-order valence-electron chi connectivity index (χ3n) is 4.18. The molecule has 2 amide bonds. The third kappa shape index (κ3) is 4.10. The lowest BCUT2D eigenvalue weighted by Gasteiger charge is -2.21. The molecule has 1 aliphatic carbocycles. The molecular weight excluding hydrogens is 402 g/mol. The number of fused-ring (bicyclic) bond motifs is 1. The van der Waals surface area contributed by atoms with E-state index >= 15 is 0 Å². The summed E-state index contributed by atoms with van der Waals surface area (Å²) >= 11 is 4.90. The van der Waals surface area contributed by atoms with Crippen molar-refractivity contribution in [3.63, 3.8) is 0 Å². The average molecular weight is 422 g/mol. The summed E-state index contributed by atoms with van der Waals surface area (Å²) < 4.78 is 0.701. The lowest BCUT2D eigenvalue weighted by molar-refractivity contribution is -0.118. The van der Waals surface area contributed by atoms with Gasteiger partial charge in [-0.25, -0.2) is 4.98 Å². The van der Waals surface area contributed by atoms with Crippen molar-refractivity contribution in [1.82, 2.24) is 10.3 Å². The minimum atomic E-state index is -0.627. The molecule has 0 fully saturated rings. The second kappa shape index (κ2) is 7.66. The second-order valence-corrected chi connectivity index (χ2v) is 8.34. The van der Waals surface area contributed by atoms with Gasteiger partial charge >= 0.3 is 0 Å². The van der Waals surface area contributed by atoms with E-state index in [1.165, 1.54) is 16.2 Å². The Morgan fingerprint density at radius 3 is 2.68 bits per heavy atom. The predicted octanol–water partition coefficient (Wildman–Crippen LogP) is 3.79. The molecule has 2 N–H and O–H groups in total. The summed E-state index contributed by atoms with van der Waals surface area (Å²) in [7, 11) is 0. The van der Waals surface area contributed by atoms with Crippen LogP contribution >= 0.6 is 27.3 Å². The molecule has 5 nitrogen and oxygen atoms in total. The van der Waals surface area contributed by atoms with Crippen molar-refractivity contribution in [1.29, 1.82) is 0 Å². The number of hydrogen-bond donors (Lipinski definition) is 2. The number of hydrogen-bond acceptors (Lipinski definition) is 4. The molecular formula is C18H20BrN3O2S. The summed E-state index contributed by atoms with van der Waals surface area (Å²) in [4.78, 5) is 30.9. The van der Waals surface area contributed by atoms with Crippen molar-refractivity contribution in [2.24, 2.45) is 5.92 Å². The van der Waals surface area contributed by atoms with Crippen LogP contribution in [0.15, 0.2) is 28.7 Å². The molecule has 0 saturated heterocycles. The number of amides is 2. The molecule has 0 unspecified atom stereocenters. The van der Waals surface area contributed by atoms with Crippen LogP contribution in [0.5, 0.6) is 0 Å². The zero-order valence-electron chi connectivity index (χ0n) is 14.1. The highest BCUT2D eigenvalue weighted by atomic mass is 79.9. The van der Waals surface area contributed by atoms with Crippen LogP contribution in [-0.4, -0.2) is 22.8 Å². The molecule has 0 spiro atoms. The number of aromatic nitrogens is 1. The largest absolute Gasteiger partial charge is 0.340 e. The first-order chi connectivity index (χ1) is 12.0. The van der Waals surface area contributed by atoms with Crippen molar-refractivity contribution in [3.8, 4) is 0 Å². The highest BCUT2D eigenvalue weighted by molar-refractivity contribution is 9.10. The monoisotopic (exact) mass is 421 g/mol. The van der Waals surface area contributed by atoms with Crippen molar-refractivity contribution >= 4 is 44.2 Å². The number of halogens is 1. The molecule has 1 atom stereocenters. The van der Waals surface area contributed by atoms with E-state index in [1.807, 2.05) is 19.9 Å². The van der Waals surface area contributed by atoms with Crippen LogP contribution in [0.2, 0.25) is 0 Å². The van der Waals surface area contributed by atoms with Gasteiger partial charge in [-0.15, -0.1) is 11.3 Å². The van der Waals surface area contributed by atoms with Gasteiger partial charge in [0.05, 0.1) is 11.3 Å². The lowest BCUT2D eigenvalue weighted by Crippen LogP contribution is -2.47. The van der Waals surface area contributed by atoms with E-state index in [0.29, 0.717) is 15.2 Å². The molecule has 7 heteroatoms. The molecule has 3 rings (SSSR count). The summed E-state index contributed by atoms with van der Waals surface area (Å²) in [5, 5.41) is 6.33. The Morgan fingerprint density at radius 2 is 2.00 bits per heavy atom. The SMILES string of the molecule is CC(C)[C@@H](NC(=O)c1ccccc1Br)C(=O)Nc1nc2c(s1)CCC2. The van der Waals surface area contributed by atoms with Gasteiger partial charge in [0.2, 0.25) is 5.91 Å². The van der Waals surface area contributed by atoms with Crippen LogP contribution in [0.4, 0.5) is 5.13 Å². The highest BCUT2D eigenvalue weighted by Crippen LogP contribution is 2.30. The van der Waals surface area contributed by atoms with E-state index in [9.17, 15) is 9.59 Å². The summed E-state index contributed by atoms with van der Waals surface area (Å²) in [6, 6.07) is 6.53. The fraction of sp³-hybridized carbons (Fsp3) is 0.389. The van der Waals surface area contributed by atoms with Crippen LogP contribution in [0.25, 0.3) is 0 Å². The number of carbonyl (C=O) groups is 2. The molecule has 132 valence electrons. The van der Waals surface area contributed by atoms with Crippen LogP contribution in [0.1, 0.15) is 41.2 Å². The Bertz CT molecular complexity index is 782. The quantitative estimate of drug-likeness (QED) is 0.771. The minimum absolute atomic E-state index is 0.0433. The maximum Gasteiger partial charge on any atom is 0.253 e. The fourth-order valence-corrected chi connectivity index (χ4v) is 4.34. The van der Waals surface area contributed by atoms with E-state index < -0.39 is 6.04 Å². The number of benzene rings is 1. The Kier molecular flexibility index (Phi) is 5.54. The maximum absolute atomic E-state index is 12.7. The molecule has 2 aromatic rings. The fourth-order valence-electron chi connectivity index (χ4n) is 2.83. The predicted molar refractivity (Wildman–Crippen MR) is 103 cm³/mol. The van der Waals surface area contributed by atoms with E-state index in [-0.39, 0.29) is 17.7 Å². The first-order valence-corrected chi connectivity index (χ1v) is 9.91. The van der Waals surface area contributed by atoms with Crippen LogP contribution in [0, 0.1) is 5.92 Å². The first kappa shape index (κ1) is 18.1. The third-order valence-corrected chi connectivity index (χ3v) is 5.94. The Balaban J connectivity index is 1.70. The Morgan fingerprint density at radius 1 is 1.24 bits per heavy atom. The molecule has 25 heavy (non-hydrogen) atoms. The smallest absolute Gasteiger partial charge is 0.253 e. The summed E-state index contributed by atoms with van der Waals surface area (Å²) in [6.07, 6.45) is 3.16. The van der Waals surface area contributed by atoms with Crippen LogP contribution in [0.3, 0.4) is 0 Å². The zero-order chi connectivity index (χ0) is 18.0. The van der Waals surface area contributed by atoms with Gasteiger partial charge in [0.1, 0.15) is 6.04 Å². The first-order valence-electron chi connectivity index (χ1n) is 8.30. The Labute approximate surface area is 159 Å². The van der Waals surface area contributed by atoms with Crippen LogP contribution in [-0.2, 0) is 17.6 Å². The molecule has 1 aromatic carbocycles. The summed E-state index contributed by atoms with van der Waals surface area (Å²) in [5.74, 6) is -0.552. The number of aryl methyl sites for hydroxylation is 2. The van der Waals surface area contributed by atoms with Gasteiger partial charge in [0.15, 0.2) is 5.13 Å². The molecule has 1 aliphatic rings. The average Bonchev–Trinajstić information content (AvgIpc) is 3.13. The summed E-state index contributed by atoms with van der Waals surface area (Å²) in [6.45, 7) is 3.82. The number of rotatable bonds is 5. The number of thiazole rings is 1. The summed E-state index contributed by atoms with van der Waals surface area (Å²) in [5.41, 5.74) is 1.60. The molecule has 0 aliphatic heterocycles. The number of nitrogens with one attached hydrogen (secondary N) is 2. The van der Waals surface area contributed by atoms with Gasteiger partial charge in [-0.1, -0.05) is 26.0 Å². The molecule has 1 aromatic heterocycles. The Hall–Kier alpha value is -1.73. The maximum atomic E-state index is 12.7. The topological polar surface area (TPSA) is 71.1 Å². The van der Waals surface area contributed by atoms with Crippen molar-refractivity contribution in [2.75, 3.05) is 5.32 Å². The second-order valence-electron chi connectivity index (χ2n) is 6.41. The van der Waals surface area contributed by atoms with Crippen molar-refractivity contribution in [2.45, 2.75) is 39.2 Å². The number of nitrogens with zero attached hydrogens (tertiary/aromatic N) is 1. The number of anilines is 1. The molecule has 0 saturated carbocycles. The van der Waals surface area contributed by atoms with Gasteiger partial charge in [-0.05, 0) is 53.2 Å². The van der Waals surface area contributed by atoms with Gasteiger partial charge in [-0.3, -0.25) is 9.59 Å². The normalized spacial score (nSPS) is 14.2. The van der Waals surface area contributed by atoms with Crippen molar-refractivity contribution < 1.29 is 9.59 Å². The number of carbonyl (C=O) groups excluding carboxylic acids is 2. The molecule has 0 bridgehead atoms. The highest BCUT2D eigenvalue weighted by Gasteiger charge is 2.27. The molecule has 1 heterocycles. The van der Waals surface area contributed by atoms with Gasteiger partial charge in [-0.2, -0.15) is 0 Å². The minimum Gasteiger partial charge on any atom is -0.340 e. The molecule has 0 radical (unpaired) electrons. The van der Waals surface area contributed by atoms with Gasteiger partial charge in [0, 0.05) is 9.35 Å². The van der Waals surface area contributed by atoms with Gasteiger partial charge < -0.3 is 10.6 Å². The van der Waals surface area contributed by atoms with E-state index in [2.05, 4.69) is 31.5 Å². The van der Waals surface area contributed by atoms with E-state index in [4.69, 9.17) is 0 Å². The standard InChI is InChI=1S/C18H20BrN3O2S/c1-10(2)15(21-16(23)11-6-3-4-7-12(11)19)17(24)22-18-20-13-8-5-9-14(13)25-18/h3-4,6-7,10,15H,5,8-9H2,1-2H3,(H,21,23)(H,20,22,24)/t15-/m1/s1. The van der Waals surface area contributed by atoms with E-state index in [1.54, 1.807) is 18.2 Å². The van der Waals surface area contributed by atoms with E-state index in [0.717, 1.165) is 25.0 Å².